The first-order chi connectivity index (χ1) is 11.4. The van der Waals surface area contributed by atoms with E-state index in [0.29, 0.717) is 6.04 Å². The van der Waals surface area contributed by atoms with Gasteiger partial charge >= 0.3 is 0 Å². The minimum atomic E-state index is 0.529. The van der Waals surface area contributed by atoms with Crippen molar-refractivity contribution in [3.05, 3.63) is 11.9 Å². The Kier molecular flexibility index (Phi) is 6.52. The number of rotatable bonds is 5. The number of guanidine groups is 1. The Balaban J connectivity index is 1.89. The van der Waals surface area contributed by atoms with Gasteiger partial charge < -0.3 is 20.1 Å². The molecule has 136 valence electrons. The van der Waals surface area contributed by atoms with E-state index < -0.39 is 0 Å². The van der Waals surface area contributed by atoms with Crippen LogP contribution in [0.1, 0.15) is 45.2 Å². The van der Waals surface area contributed by atoms with Gasteiger partial charge in [0.1, 0.15) is 0 Å². The number of hydrogen-bond donors (Lipinski definition) is 2. The van der Waals surface area contributed by atoms with E-state index in [1.54, 1.807) is 0 Å². The van der Waals surface area contributed by atoms with Crippen LogP contribution in [0.2, 0.25) is 0 Å². The summed E-state index contributed by atoms with van der Waals surface area (Å²) in [6, 6.07) is 0.529. The SMILES string of the molecule is CN=C(NCc1cnc(N(C)C)n1C)NC1CCCC(C(C)C)C1. The maximum absolute atomic E-state index is 4.45. The number of nitrogens with zero attached hydrogens (tertiary/aromatic N) is 4. The number of aromatic nitrogens is 2. The third-order valence-electron chi connectivity index (χ3n) is 5.12. The number of nitrogens with one attached hydrogen (secondary N) is 2. The topological polar surface area (TPSA) is 57.5 Å². The molecule has 1 aromatic heterocycles. The summed E-state index contributed by atoms with van der Waals surface area (Å²) in [6.07, 6.45) is 7.08. The summed E-state index contributed by atoms with van der Waals surface area (Å²) >= 11 is 0. The molecule has 2 N–H and O–H groups in total. The fraction of sp³-hybridized carbons (Fsp3) is 0.778. The number of imidazole rings is 1. The van der Waals surface area contributed by atoms with Crippen molar-refractivity contribution in [3.8, 4) is 0 Å². The van der Waals surface area contributed by atoms with Crippen LogP contribution in [0.25, 0.3) is 0 Å². The van der Waals surface area contributed by atoms with Crippen molar-refractivity contribution in [1.82, 2.24) is 20.2 Å². The van der Waals surface area contributed by atoms with Crippen LogP contribution in [0.15, 0.2) is 11.2 Å². The fourth-order valence-electron chi connectivity index (χ4n) is 3.54. The molecular formula is C18H34N6. The Labute approximate surface area is 146 Å². The average Bonchev–Trinajstić information content (AvgIpc) is 2.92. The summed E-state index contributed by atoms with van der Waals surface area (Å²) in [5.74, 6) is 3.44. The van der Waals surface area contributed by atoms with E-state index in [4.69, 9.17) is 0 Å². The smallest absolute Gasteiger partial charge is 0.204 e. The second-order valence-electron chi connectivity index (χ2n) is 7.44. The maximum Gasteiger partial charge on any atom is 0.204 e. The first kappa shape index (κ1) is 18.6. The number of aliphatic imine (C=N–C) groups is 1. The Morgan fingerprint density at radius 1 is 1.42 bits per heavy atom. The van der Waals surface area contributed by atoms with E-state index in [1.165, 1.54) is 25.7 Å². The van der Waals surface area contributed by atoms with Crippen LogP contribution in [-0.4, -0.2) is 42.7 Å². The largest absolute Gasteiger partial charge is 0.354 e. The molecule has 2 unspecified atom stereocenters. The Hall–Kier alpha value is -1.72. The van der Waals surface area contributed by atoms with Crippen molar-refractivity contribution in [2.24, 2.45) is 23.9 Å². The van der Waals surface area contributed by atoms with E-state index >= 15 is 0 Å². The molecule has 1 aliphatic carbocycles. The van der Waals surface area contributed by atoms with E-state index in [1.807, 2.05) is 39.3 Å². The van der Waals surface area contributed by atoms with Gasteiger partial charge in [-0.1, -0.05) is 26.7 Å². The molecule has 0 aliphatic heterocycles. The lowest BCUT2D eigenvalue weighted by Crippen LogP contribution is -2.45. The Morgan fingerprint density at radius 2 is 2.17 bits per heavy atom. The highest BCUT2D eigenvalue weighted by atomic mass is 15.3. The zero-order valence-electron chi connectivity index (χ0n) is 16.1. The molecule has 24 heavy (non-hydrogen) atoms. The molecule has 1 aliphatic rings. The highest BCUT2D eigenvalue weighted by Gasteiger charge is 2.24. The van der Waals surface area contributed by atoms with Gasteiger partial charge in [0.05, 0.1) is 18.4 Å². The first-order valence-corrected chi connectivity index (χ1v) is 9.07. The van der Waals surface area contributed by atoms with Crippen LogP contribution in [0.5, 0.6) is 0 Å². The van der Waals surface area contributed by atoms with Crippen molar-refractivity contribution in [1.29, 1.82) is 0 Å². The normalized spacial score (nSPS) is 21.9. The van der Waals surface area contributed by atoms with Crippen molar-refractivity contribution < 1.29 is 0 Å². The van der Waals surface area contributed by atoms with Crippen LogP contribution >= 0.6 is 0 Å². The summed E-state index contributed by atoms with van der Waals surface area (Å²) in [6.45, 7) is 5.40. The second kappa shape index (κ2) is 8.40. The maximum atomic E-state index is 4.45. The van der Waals surface area contributed by atoms with Gasteiger partial charge in [-0.05, 0) is 24.7 Å². The lowest BCUT2D eigenvalue weighted by Gasteiger charge is -2.33. The van der Waals surface area contributed by atoms with E-state index in [0.717, 1.165) is 36.0 Å². The van der Waals surface area contributed by atoms with Crippen molar-refractivity contribution in [3.63, 3.8) is 0 Å². The first-order valence-electron chi connectivity index (χ1n) is 9.07. The van der Waals surface area contributed by atoms with E-state index in [2.05, 4.69) is 39.0 Å². The fourth-order valence-corrected chi connectivity index (χ4v) is 3.54. The van der Waals surface area contributed by atoms with Crippen molar-refractivity contribution >= 4 is 11.9 Å². The van der Waals surface area contributed by atoms with Gasteiger partial charge in [0.2, 0.25) is 5.95 Å². The molecule has 0 amide bonds. The Morgan fingerprint density at radius 3 is 2.75 bits per heavy atom. The predicted molar refractivity (Wildman–Crippen MR) is 101 cm³/mol. The summed E-state index contributed by atoms with van der Waals surface area (Å²) < 4.78 is 2.11. The Bertz CT molecular complexity index is 546. The molecule has 0 saturated heterocycles. The highest BCUT2D eigenvalue weighted by molar-refractivity contribution is 5.79. The highest BCUT2D eigenvalue weighted by Crippen LogP contribution is 2.29. The lowest BCUT2D eigenvalue weighted by atomic mass is 9.79. The molecule has 0 spiro atoms. The third-order valence-corrected chi connectivity index (χ3v) is 5.12. The molecule has 0 aromatic carbocycles. The van der Waals surface area contributed by atoms with Gasteiger partial charge in [-0.2, -0.15) is 0 Å². The molecule has 0 bridgehead atoms. The lowest BCUT2D eigenvalue weighted by molar-refractivity contribution is 0.244. The van der Waals surface area contributed by atoms with Gasteiger partial charge in [-0.25, -0.2) is 4.98 Å². The monoisotopic (exact) mass is 334 g/mol. The van der Waals surface area contributed by atoms with Crippen molar-refractivity contribution in [2.75, 3.05) is 26.0 Å². The van der Waals surface area contributed by atoms with Gasteiger partial charge in [-0.3, -0.25) is 4.99 Å². The predicted octanol–water partition coefficient (Wildman–Crippen LogP) is 2.37. The van der Waals surface area contributed by atoms with Crippen LogP contribution in [0.3, 0.4) is 0 Å². The molecule has 1 heterocycles. The quantitative estimate of drug-likeness (QED) is 0.641. The molecule has 6 heteroatoms. The molecular weight excluding hydrogens is 300 g/mol. The molecule has 0 radical (unpaired) electrons. The van der Waals surface area contributed by atoms with Gasteiger partial charge in [0.25, 0.3) is 0 Å². The van der Waals surface area contributed by atoms with Crippen LogP contribution in [-0.2, 0) is 13.6 Å². The van der Waals surface area contributed by atoms with Gasteiger partial charge in [-0.15, -0.1) is 0 Å². The number of hydrogen-bond acceptors (Lipinski definition) is 3. The van der Waals surface area contributed by atoms with Gasteiger partial charge in [0.15, 0.2) is 5.96 Å². The van der Waals surface area contributed by atoms with Crippen LogP contribution in [0.4, 0.5) is 5.95 Å². The molecule has 1 aromatic rings. The summed E-state index contributed by atoms with van der Waals surface area (Å²) in [7, 11) is 7.90. The van der Waals surface area contributed by atoms with Crippen molar-refractivity contribution in [2.45, 2.75) is 52.1 Å². The standard InChI is InChI=1S/C18H34N6/c1-13(2)14-8-7-9-15(10-14)22-17(19-3)20-11-16-12-21-18(23(4)5)24(16)6/h12-15H,7-11H2,1-6H3,(H2,19,20,22). The molecule has 2 rings (SSSR count). The molecule has 1 fully saturated rings. The molecule has 2 atom stereocenters. The van der Waals surface area contributed by atoms with Crippen LogP contribution < -0.4 is 15.5 Å². The summed E-state index contributed by atoms with van der Waals surface area (Å²) in [5, 5.41) is 7.04. The third kappa shape index (κ3) is 4.65. The summed E-state index contributed by atoms with van der Waals surface area (Å²) in [5.41, 5.74) is 1.14. The second-order valence-corrected chi connectivity index (χ2v) is 7.44. The average molecular weight is 335 g/mol. The molecule has 1 saturated carbocycles. The zero-order valence-corrected chi connectivity index (χ0v) is 16.1. The molecule has 6 nitrogen and oxygen atoms in total. The minimum absolute atomic E-state index is 0.529. The zero-order chi connectivity index (χ0) is 17.7. The minimum Gasteiger partial charge on any atom is -0.354 e. The van der Waals surface area contributed by atoms with Gasteiger partial charge in [0, 0.05) is 34.2 Å². The van der Waals surface area contributed by atoms with E-state index in [9.17, 15) is 0 Å². The van der Waals surface area contributed by atoms with Crippen LogP contribution in [0, 0.1) is 11.8 Å². The summed E-state index contributed by atoms with van der Waals surface area (Å²) in [4.78, 5) is 10.9. The van der Waals surface area contributed by atoms with E-state index in [-0.39, 0.29) is 0 Å². The number of anilines is 1.